The molecule has 0 spiro atoms. The van der Waals surface area contributed by atoms with E-state index in [0.29, 0.717) is 24.9 Å². The van der Waals surface area contributed by atoms with Gasteiger partial charge in [0.25, 0.3) is 5.88 Å². The van der Waals surface area contributed by atoms with Gasteiger partial charge >= 0.3 is 0 Å². The average molecular weight is 269 g/mol. The van der Waals surface area contributed by atoms with Gasteiger partial charge in [0.05, 0.1) is 12.0 Å². The summed E-state index contributed by atoms with van der Waals surface area (Å²) in [5.41, 5.74) is 0. The van der Waals surface area contributed by atoms with Crippen molar-refractivity contribution in [2.24, 2.45) is 5.92 Å². The number of ketones is 1. The smallest absolute Gasteiger partial charge is 0.254 e. The molecule has 0 amide bonds. The minimum Gasteiger partial charge on any atom is -0.473 e. The second-order valence-corrected chi connectivity index (χ2v) is 4.98. The summed E-state index contributed by atoms with van der Waals surface area (Å²) in [5, 5.41) is 3.83. The largest absolute Gasteiger partial charge is 0.473 e. The molecule has 0 N–H and O–H groups in total. The Morgan fingerprint density at radius 1 is 1.42 bits per heavy atom. The molecule has 0 saturated heterocycles. The van der Waals surface area contributed by atoms with E-state index in [1.54, 1.807) is 13.0 Å². The van der Waals surface area contributed by atoms with Crippen molar-refractivity contribution in [3.63, 3.8) is 0 Å². The van der Waals surface area contributed by atoms with Crippen LogP contribution in [0.2, 0.25) is 0 Å². The lowest BCUT2D eigenvalue weighted by molar-refractivity contribution is -0.119. The van der Waals surface area contributed by atoms with Gasteiger partial charge in [-0.1, -0.05) is 13.8 Å². The summed E-state index contributed by atoms with van der Waals surface area (Å²) in [4.78, 5) is 11.6. The summed E-state index contributed by atoms with van der Waals surface area (Å²) in [6.45, 7) is 10.4. The lowest BCUT2D eigenvalue weighted by atomic mass is 9.90. The van der Waals surface area contributed by atoms with Gasteiger partial charge in [0.2, 0.25) is 0 Å². The monoisotopic (exact) mass is 269 g/mol. The Kier molecular flexibility index (Phi) is 6.02. The second-order valence-electron chi connectivity index (χ2n) is 4.98. The summed E-state index contributed by atoms with van der Waals surface area (Å²) in [6.07, 6.45) is -0.00106. The summed E-state index contributed by atoms with van der Waals surface area (Å²) < 4.78 is 16.0. The van der Waals surface area contributed by atoms with E-state index in [-0.39, 0.29) is 23.7 Å². The third kappa shape index (κ3) is 4.67. The highest BCUT2D eigenvalue weighted by atomic mass is 16.6. The fourth-order valence-electron chi connectivity index (χ4n) is 2.02. The van der Waals surface area contributed by atoms with Crippen LogP contribution in [-0.4, -0.2) is 30.3 Å². The number of carbonyl (C=O) groups excluding carboxylic acids is 1. The molecule has 2 unspecified atom stereocenters. The van der Waals surface area contributed by atoms with Crippen LogP contribution in [0.3, 0.4) is 0 Å². The van der Waals surface area contributed by atoms with Crippen molar-refractivity contribution in [3.05, 3.63) is 11.8 Å². The van der Waals surface area contributed by atoms with Crippen LogP contribution < -0.4 is 4.74 Å². The highest BCUT2D eigenvalue weighted by molar-refractivity contribution is 5.82. The van der Waals surface area contributed by atoms with E-state index >= 15 is 0 Å². The molecule has 5 heteroatoms. The van der Waals surface area contributed by atoms with Crippen molar-refractivity contribution in [2.45, 2.75) is 46.6 Å². The van der Waals surface area contributed by atoms with Gasteiger partial charge in [-0.15, -0.1) is 0 Å². The number of Topliss-reactive ketones (excluding diaryl/α,β-unsaturated/α-hetero) is 1. The minimum atomic E-state index is -0.269. The van der Waals surface area contributed by atoms with Gasteiger partial charge in [0.15, 0.2) is 5.76 Å². The Balaban J connectivity index is 2.63. The third-order valence-electron chi connectivity index (χ3n) is 2.84. The lowest BCUT2D eigenvalue weighted by Crippen LogP contribution is -2.18. The molecule has 0 fully saturated rings. The van der Waals surface area contributed by atoms with Gasteiger partial charge in [0, 0.05) is 12.7 Å². The summed E-state index contributed by atoms with van der Waals surface area (Å²) in [7, 11) is 0. The molecule has 1 aromatic heterocycles. The molecule has 0 radical (unpaired) electrons. The molecule has 1 heterocycles. The fraction of sp³-hybridized carbons (Fsp3) is 0.714. The third-order valence-corrected chi connectivity index (χ3v) is 2.84. The van der Waals surface area contributed by atoms with Crippen LogP contribution in [0.15, 0.2) is 10.6 Å². The SMILES string of the molecule is CCOC(C)COc1cc(C(C(C)=O)C(C)C)on1. The van der Waals surface area contributed by atoms with Gasteiger partial charge < -0.3 is 14.0 Å². The molecule has 1 aromatic rings. The molecule has 0 aliphatic rings. The number of hydrogen-bond acceptors (Lipinski definition) is 5. The minimum absolute atomic E-state index is 0.00106. The summed E-state index contributed by atoms with van der Waals surface area (Å²) in [5.74, 6) is 0.921. The molecule has 2 atom stereocenters. The van der Waals surface area contributed by atoms with E-state index in [9.17, 15) is 4.79 Å². The van der Waals surface area contributed by atoms with E-state index in [1.807, 2.05) is 27.7 Å². The fourth-order valence-corrected chi connectivity index (χ4v) is 2.02. The van der Waals surface area contributed by atoms with Crippen molar-refractivity contribution in [3.8, 4) is 5.88 Å². The van der Waals surface area contributed by atoms with Crippen molar-refractivity contribution in [2.75, 3.05) is 13.2 Å². The number of hydrogen-bond donors (Lipinski definition) is 0. The van der Waals surface area contributed by atoms with Crippen LogP contribution >= 0.6 is 0 Å². The molecule has 5 nitrogen and oxygen atoms in total. The lowest BCUT2D eigenvalue weighted by Gasteiger charge is -2.13. The van der Waals surface area contributed by atoms with Gasteiger partial charge in [-0.25, -0.2) is 0 Å². The summed E-state index contributed by atoms with van der Waals surface area (Å²) in [6, 6.07) is 1.69. The zero-order valence-electron chi connectivity index (χ0n) is 12.3. The van der Waals surface area contributed by atoms with E-state index in [2.05, 4.69) is 5.16 Å². The molecule has 19 heavy (non-hydrogen) atoms. The first-order valence-electron chi connectivity index (χ1n) is 6.67. The predicted octanol–water partition coefficient (Wildman–Crippen LogP) is 2.81. The highest BCUT2D eigenvalue weighted by Gasteiger charge is 2.25. The molecular weight excluding hydrogens is 246 g/mol. The molecule has 0 saturated carbocycles. The highest BCUT2D eigenvalue weighted by Crippen LogP contribution is 2.28. The number of rotatable bonds is 8. The topological polar surface area (TPSA) is 61.6 Å². The zero-order valence-corrected chi connectivity index (χ0v) is 12.3. The van der Waals surface area contributed by atoms with Crippen LogP contribution in [0, 0.1) is 5.92 Å². The summed E-state index contributed by atoms with van der Waals surface area (Å²) >= 11 is 0. The van der Waals surface area contributed by atoms with Crippen LogP contribution in [0.4, 0.5) is 0 Å². The Bertz CT molecular complexity index is 400. The Morgan fingerprint density at radius 3 is 2.63 bits per heavy atom. The maximum atomic E-state index is 11.6. The first-order valence-corrected chi connectivity index (χ1v) is 6.67. The Morgan fingerprint density at radius 2 is 2.11 bits per heavy atom. The Hall–Kier alpha value is -1.36. The van der Waals surface area contributed by atoms with Crippen molar-refractivity contribution >= 4 is 5.78 Å². The van der Waals surface area contributed by atoms with E-state index in [0.717, 1.165) is 0 Å². The van der Waals surface area contributed by atoms with Gasteiger partial charge in [-0.3, -0.25) is 4.79 Å². The van der Waals surface area contributed by atoms with Crippen molar-refractivity contribution in [1.29, 1.82) is 0 Å². The maximum absolute atomic E-state index is 11.6. The van der Waals surface area contributed by atoms with Crippen molar-refractivity contribution in [1.82, 2.24) is 5.16 Å². The van der Waals surface area contributed by atoms with Crippen LogP contribution in [0.25, 0.3) is 0 Å². The standard InChI is InChI=1S/C14H23NO4/c1-6-17-10(4)8-18-13-7-12(19-15-13)14(9(2)3)11(5)16/h7,9-10,14H,6,8H2,1-5H3. The number of nitrogens with zero attached hydrogens (tertiary/aromatic N) is 1. The first-order chi connectivity index (χ1) is 8.95. The quantitative estimate of drug-likeness (QED) is 0.726. The number of carbonyl (C=O) groups is 1. The number of aromatic nitrogens is 1. The van der Waals surface area contributed by atoms with Gasteiger partial charge in [-0.2, -0.15) is 0 Å². The molecule has 0 aromatic carbocycles. The number of ether oxygens (including phenoxy) is 2. The van der Waals surface area contributed by atoms with Crippen LogP contribution in [0.5, 0.6) is 5.88 Å². The predicted molar refractivity (Wildman–Crippen MR) is 71.3 cm³/mol. The maximum Gasteiger partial charge on any atom is 0.254 e. The van der Waals surface area contributed by atoms with Crippen LogP contribution in [-0.2, 0) is 9.53 Å². The molecule has 108 valence electrons. The van der Waals surface area contributed by atoms with E-state index in [1.165, 1.54) is 0 Å². The molecule has 0 aliphatic heterocycles. The van der Waals surface area contributed by atoms with Crippen LogP contribution in [0.1, 0.15) is 46.3 Å². The second kappa shape index (κ2) is 7.28. The van der Waals surface area contributed by atoms with Gasteiger partial charge in [0.1, 0.15) is 12.4 Å². The van der Waals surface area contributed by atoms with Gasteiger partial charge in [-0.05, 0) is 31.8 Å². The normalized spacial score (nSPS) is 14.4. The molecule has 0 aliphatic carbocycles. The van der Waals surface area contributed by atoms with Crippen molar-refractivity contribution < 1.29 is 18.8 Å². The first kappa shape index (κ1) is 15.7. The molecule has 1 rings (SSSR count). The van der Waals surface area contributed by atoms with E-state index in [4.69, 9.17) is 14.0 Å². The van der Waals surface area contributed by atoms with E-state index < -0.39 is 0 Å². The Labute approximate surface area is 114 Å². The average Bonchev–Trinajstić information content (AvgIpc) is 2.74. The molecule has 0 bridgehead atoms. The molecular formula is C14H23NO4. The zero-order chi connectivity index (χ0) is 14.4.